The fourth-order valence-electron chi connectivity index (χ4n) is 2.23. The summed E-state index contributed by atoms with van der Waals surface area (Å²) in [6.45, 7) is 8.56. The molecule has 0 aliphatic carbocycles. The van der Waals surface area contributed by atoms with E-state index in [1.807, 2.05) is 13.8 Å². The number of aliphatic hydroxyl groups excluding tert-OH is 2. The Kier molecular flexibility index (Phi) is 10.5. The molecule has 0 spiro atoms. The molecule has 132 valence electrons. The van der Waals surface area contributed by atoms with E-state index >= 15 is 0 Å². The van der Waals surface area contributed by atoms with Crippen molar-refractivity contribution in [2.45, 2.75) is 64.6 Å². The van der Waals surface area contributed by atoms with Crippen LogP contribution in [0.4, 0.5) is 0 Å². The molecule has 2 aliphatic rings. The van der Waals surface area contributed by atoms with Crippen molar-refractivity contribution in [1.29, 1.82) is 0 Å². The molecular weight excluding hydrogens is 292 g/mol. The number of esters is 1. The van der Waals surface area contributed by atoms with Crippen LogP contribution in [0, 0.1) is 0 Å². The summed E-state index contributed by atoms with van der Waals surface area (Å²) in [4.78, 5) is 11.3. The summed E-state index contributed by atoms with van der Waals surface area (Å²) >= 11 is 0. The molecule has 4 atom stereocenters. The standard InChI is InChI=1S/C12H20O6.C2H6.CH4O/c1-3-15-10(14)4-5-12(2)17-7-9-11(18-12)8(13)6-16-9;2*1-2/h8-9,11,13H,3-7H2,1-2H3;1-2H3;2H,1H3/t8-,9?,11?,12+;;/m0../s1. The summed E-state index contributed by atoms with van der Waals surface area (Å²) in [6.07, 6.45) is -0.567. The van der Waals surface area contributed by atoms with Crippen LogP contribution in [0.15, 0.2) is 0 Å². The van der Waals surface area contributed by atoms with Gasteiger partial charge in [0.05, 0.1) is 26.2 Å². The largest absolute Gasteiger partial charge is 0.466 e. The molecule has 2 fully saturated rings. The molecule has 7 heteroatoms. The van der Waals surface area contributed by atoms with Crippen molar-refractivity contribution in [3.63, 3.8) is 0 Å². The Morgan fingerprint density at radius 2 is 1.95 bits per heavy atom. The summed E-state index contributed by atoms with van der Waals surface area (Å²) < 4.78 is 21.5. The molecule has 0 amide bonds. The highest BCUT2D eigenvalue weighted by atomic mass is 16.7. The Balaban J connectivity index is 0.00000102. The molecule has 7 nitrogen and oxygen atoms in total. The maximum atomic E-state index is 11.3. The third-order valence-electron chi connectivity index (χ3n) is 3.25. The van der Waals surface area contributed by atoms with E-state index < -0.39 is 11.9 Å². The van der Waals surface area contributed by atoms with E-state index in [2.05, 4.69) is 0 Å². The Labute approximate surface area is 132 Å². The van der Waals surface area contributed by atoms with Crippen LogP contribution in [0.2, 0.25) is 0 Å². The Morgan fingerprint density at radius 3 is 2.55 bits per heavy atom. The highest BCUT2D eigenvalue weighted by Crippen LogP contribution is 2.33. The first kappa shape index (κ1) is 21.3. The number of rotatable bonds is 4. The molecule has 2 unspecified atom stereocenters. The topological polar surface area (TPSA) is 94.5 Å². The van der Waals surface area contributed by atoms with E-state index in [-0.39, 0.29) is 31.2 Å². The van der Waals surface area contributed by atoms with Gasteiger partial charge in [0.1, 0.15) is 18.3 Å². The summed E-state index contributed by atoms with van der Waals surface area (Å²) in [5.74, 6) is -1.13. The van der Waals surface area contributed by atoms with E-state index in [1.165, 1.54) is 0 Å². The maximum Gasteiger partial charge on any atom is 0.305 e. The Morgan fingerprint density at radius 1 is 1.32 bits per heavy atom. The van der Waals surface area contributed by atoms with Crippen LogP contribution in [0.5, 0.6) is 0 Å². The zero-order valence-electron chi connectivity index (χ0n) is 14.2. The van der Waals surface area contributed by atoms with Gasteiger partial charge < -0.3 is 29.2 Å². The number of hydrogen-bond donors (Lipinski definition) is 2. The molecule has 2 rings (SSSR count). The SMILES string of the molecule is CC.CCOC(=O)CC[C@]1(C)OCC2OC[C@H](O)C2O1.CO. The molecule has 0 aromatic rings. The van der Waals surface area contributed by atoms with Gasteiger partial charge in [-0.2, -0.15) is 0 Å². The molecule has 2 aliphatic heterocycles. The first-order chi connectivity index (χ1) is 10.5. The van der Waals surface area contributed by atoms with Crippen molar-refractivity contribution >= 4 is 5.97 Å². The van der Waals surface area contributed by atoms with Gasteiger partial charge in [0.15, 0.2) is 5.79 Å². The van der Waals surface area contributed by atoms with E-state index in [4.69, 9.17) is 24.1 Å². The zero-order valence-corrected chi connectivity index (χ0v) is 14.2. The molecule has 2 heterocycles. The van der Waals surface area contributed by atoms with Gasteiger partial charge >= 0.3 is 5.97 Å². The van der Waals surface area contributed by atoms with Crippen LogP contribution in [0.1, 0.15) is 40.5 Å². The van der Waals surface area contributed by atoms with Crippen molar-refractivity contribution in [1.82, 2.24) is 0 Å². The van der Waals surface area contributed by atoms with Gasteiger partial charge in [-0.05, 0) is 13.8 Å². The lowest BCUT2D eigenvalue weighted by atomic mass is 10.1. The van der Waals surface area contributed by atoms with Crippen LogP contribution < -0.4 is 0 Å². The number of hydrogen-bond acceptors (Lipinski definition) is 7. The highest BCUT2D eigenvalue weighted by molar-refractivity contribution is 5.69. The molecule has 0 bridgehead atoms. The minimum absolute atomic E-state index is 0.212. The number of carbonyl (C=O) groups excluding carboxylic acids is 1. The highest BCUT2D eigenvalue weighted by Gasteiger charge is 2.47. The van der Waals surface area contributed by atoms with Gasteiger partial charge in [-0.1, -0.05) is 13.8 Å². The van der Waals surface area contributed by atoms with Gasteiger partial charge in [-0.3, -0.25) is 4.79 Å². The molecule has 22 heavy (non-hydrogen) atoms. The van der Waals surface area contributed by atoms with Gasteiger partial charge in [-0.15, -0.1) is 0 Å². The van der Waals surface area contributed by atoms with Crippen molar-refractivity contribution in [3.05, 3.63) is 0 Å². The summed E-state index contributed by atoms with van der Waals surface area (Å²) in [6, 6.07) is 0. The lowest BCUT2D eigenvalue weighted by Gasteiger charge is -2.40. The van der Waals surface area contributed by atoms with Gasteiger partial charge in [0, 0.05) is 13.5 Å². The van der Waals surface area contributed by atoms with Crippen LogP contribution in [-0.4, -0.2) is 67.2 Å². The monoisotopic (exact) mass is 322 g/mol. The second-order valence-electron chi connectivity index (χ2n) is 4.77. The maximum absolute atomic E-state index is 11.3. The average Bonchev–Trinajstić information content (AvgIpc) is 2.90. The second kappa shape index (κ2) is 10.9. The molecule has 0 aromatic carbocycles. The quantitative estimate of drug-likeness (QED) is 0.741. The third kappa shape index (κ3) is 6.18. The van der Waals surface area contributed by atoms with Crippen LogP contribution in [0.25, 0.3) is 0 Å². The normalized spacial score (nSPS) is 32.8. The van der Waals surface area contributed by atoms with Crippen LogP contribution >= 0.6 is 0 Å². The van der Waals surface area contributed by atoms with E-state index in [1.54, 1.807) is 13.8 Å². The van der Waals surface area contributed by atoms with E-state index in [0.717, 1.165) is 7.11 Å². The molecule has 0 radical (unpaired) electrons. The Bertz CT molecular complexity index is 310. The Hall–Kier alpha value is -0.730. The summed E-state index contributed by atoms with van der Waals surface area (Å²) in [5.41, 5.74) is 0. The first-order valence-electron chi connectivity index (χ1n) is 7.76. The van der Waals surface area contributed by atoms with Crippen molar-refractivity contribution in [2.24, 2.45) is 0 Å². The molecule has 2 saturated heterocycles. The van der Waals surface area contributed by atoms with Crippen molar-refractivity contribution in [2.75, 3.05) is 26.9 Å². The fraction of sp³-hybridized carbons (Fsp3) is 0.933. The molecule has 2 N–H and O–H groups in total. The smallest absolute Gasteiger partial charge is 0.305 e. The lowest BCUT2D eigenvalue weighted by molar-refractivity contribution is -0.311. The van der Waals surface area contributed by atoms with Crippen LogP contribution in [0.3, 0.4) is 0 Å². The molecule has 0 aromatic heterocycles. The van der Waals surface area contributed by atoms with E-state index in [9.17, 15) is 9.90 Å². The number of aliphatic hydroxyl groups is 2. The average molecular weight is 322 g/mol. The predicted octanol–water partition coefficient (Wildman–Crippen LogP) is 0.856. The van der Waals surface area contributed by atoms with Gasteiger partial charge in [-0.25, -0.2) is 0 Å². The van der Waals surface area contributed by atoms with Crippen molar-refractivity contribution < 1.29 is 34.0 Å². The second-order valence-corrected chi connectivity index (χ2v) is 4.77. The van der Waals surface area contributed by atoms with Gasteiger partial charge in [0.2, 0.25) is 0 Å². The summed E-state index contributed by atoms with van der Waals surface area (Å²) in [7, 11) is 1.00. The van der Waals surface area contributed by atoms with Crippen molar-refractivity contribution in [3.8, 4) is 0 Å². The zero-order chi connectivity index (χ0) is 17.2. The minimum Gasteiger partial charge on any atom is -0.466 e. The predicted molar refractivity (Wildman–Crippen MR) is 80.3 cm³/mol. The summed E-state index contributed by atoms with van der Waals surface area (Å²) in [5, 5.41) is 16.7. The number of ether oxygens (including phenoxy) is 4. The van der Waals surface area contributed by atoms with Crippen LogP contribution in [-0.2, 0) is 23.7 Å². The van der Waals surface area contributed by atoms with E-state index in [0.29, 0.717) is 19.6 Å². The third-order valence-corrected chi connectivity index (χ3v) is 3.25. The molecular formula is C15H30O7. The minimum atomic E-state index is -0.859. The first-order valence-corrected chi connectivity index (χ1v) is 7.76. The lowest BCUT2D eigenvalue weighted by Crippen LogP contribution is -2.51. The fourth-order valence-corrected chi connectivity index (χ4v) is 2.23. The number of fused-ring (bicyclic) bond motifs is 1. The number of carbonyl (C=O) groups is 1. The van der Waals surface area contributed by atoms with Gasteiger partial charge in [0.25, 0.3) is 0 Å². The molecule has 0 saturated carbocycles.